The Labute approximate surface area is 181 Å². The lowest BCUT2D eigenvalue weighted by molar-refractivity contribution is -0.908. The van der Waals surface area contributed by atoms with Gasteiger partial charge in [-0.3, -0.25) is 9.69 Å². The molecule has 2 aromatic carbocycles. The molecule has 1 amide bonds. The van der Waals surface area contributed by atoms with E-state index in [1.54, 1.807) is 4.90 Å². The summed E-state index contributed by atoms with van der Waals surface area (Å²) in [4.78, 5) is 21.6. The second-order valence-corrected chi connectivity index (χ2v) is 8.51. The van der Waals surface area contributed by atoms with Crippen molar-refractivity contribution in [2.45, 2.75) is 13.3 Å². The summed E-state index contributed by atoms with van der Waals surface area (Å²) in [6, 6.07) is 17.9. The number of ether oxygens (including phenoxy) is 1. The van der Waals surface area contributed by atoms with Crippen LogP contribution < -0.4 is 9.80 Å². The second-order valence-electron chi connectivity index (χ2n) is 7.67. The van der Waals surface area contributed by atoms with Gasteiger partial charge in [0, 0.05) is 29.5 Å². The molecule has 0 atom stereocenters. The molecule has 6 heteroatoms. The fraction of sp³-hybridized carbons (Fsp3) is 0.333. The SMILES string of the molecule is Cc1ccc(C(=O)N(CCC[NH+]2CCOCC2)c2nc(-c3ccccc3)cs2)cc1. The van der Waals surface area contributed by atoms with E-state index in [0.717, 1.165) is 61.2 Å². The highest BCUT2D eigenvalue weighted by Gasteiger charge is 2.22. The maximum Gasteiger partial charge on any atom is 0.260 e. The van der Waals surface area contributed by atoms with Crippen LogP contribution in [0.25, 0.3) is 11.3 Å². The highest BCUT2D eigenvalue weighted by atomic mass is 32.1. The number of aryl methyl sites for hydroxylation is 1. The molecule has 0 bridgehead atoms. The molecule has 0 radical (unpaired) electrons. The van der Waals surface area contributed by atoms with E-state index in [1.807, 2.05) is 71.8 Å². The van der Waals surface area contributed by atoms with Crippen LogP contribution in [0.15, 0.2) is 60.0 Å². The number of nitrogens with one attached hydrogen (secondary N) is 1. The average molecular weight is 423 g/mol. The molecule has 3 aromatic rings. The minimum absolute atomic E-state index is 0.0148. The number of nitrogens with zero attached hydrogens (tertiary/aromatic N) is 2. The smallest absolute Gasteiger partial charge is 0.260 e. The van der Waals surface area contributed by atoms with Crippen LogP contribution in [0, 0.1) is 6.92 Å². The lowest BCUT2D eigenvalue weighted by Gasteiger charge is -2.25. The van der Waals surface area contributed by atoms with Crippen molar-refractivity contribution in [1.29, 1.82) is 0 Å². The van der Waals surface area contributed by atoms with Crippen LogP contribution in [0.4, 0.5) is 5.13 Å². The largest absolute Gasteiger partial charge is 0.370 e. The number of carbonyl (C=O) groups is 1. The number of anilines is 1. The van der Waals surface area contributed by atoms with Gasteiger partial charge in [-0.25, -0.2) is 4.98 Å². The van der Waals surface area contributed by atoms with E-state index < -0.39 is 0 Å². The first-order valence-corrected chi connectivity index (χ1v) is 11.4. The van der Waals surface area contributed by atoms with Gasteiger partial charge in [0.15, 0.2) is 5.13 Å². The molecule has 5 nitrogen and oxygen atoms in total. The molecule has 0 aliphatic carbocycles. The summed E-state index contributed by atoms with van der Waals surface area (Å²) in [6.45, 7) is 7.48. The summed E-state index contributed by atoms with van der Waals surface area (Å²) in [7, 11) is 0. The maximum absolute atomic E-state index is 13.4. The lowest BCUT2D eigenvalue weighted by Crippen LogP contribution is -3.14. The number of amides is 1. The highest BCUT2D eigenvalue weighted by Crippen LogP contribution is 2.28. The molecule has 1 saturated heterocycles. The summed E-state index contributed by atoms with van der Waals surface area (Å²) in [6.07, 6.45) is 0.938. The quantitative estimate of drug-likeness (QED) is 0.637. The second kappa shape index (κ2) is 9.98. The number of aromatic nitrogens is 1. The molecule has 2 heterocycles. The Morgan fingerprint density at radius 3 is 2.57 bits per heavy atom. The molecule has 0 unspecified atom stereocenters. The van der Waals surface area contributed by atoms with Crippen molar-refractivity contribution in [2.75, 3.05) is 44.3 Å². The van der Waals surface area contributed by atoms with E-state index in [0.29, 0.717) is 12.1 Å². The molecule has 0 saturated carbocycles. The van der Waals surface area contributed by atoms with Gasteiger partial charge in [0.05, 0.1) is 25.5 Å². The number of hydrogen-bond acceptors (Lipinski definition) is 4. The Bertz CT molecular complexity index is 950. The molecule has 1 fully saturated rings. The minimum atomic E-state index is 0.0148. The summed E-state index contributed by atoms with van der Waals surface area (Å²) in [5, 5.41) is 2.80. The number of hydrogen-bond donors (Lipinski definition) is 1. The average Bonchev–Trinajstić information content (AvgIpc) is 3.28. The molecular weight excluding hydrogens is 394 g/mol. The zero-order valence-electron chi connectivity index (χ0n) is 17.3. The highest BCUT2D eigenvalue weighted by molar-refractivity contribution is 7.14. The van der Waals surface area contributed by atoms with Gasteiger partial charge in [0.2, 0.25) is 0 Å². The third-order valence-corrected chi connectivity index (χ3v) is 6.31. The molecule has 4 rings (SSSR count). The van der Waals surface area contributed by atoms with Crippen molar-refractivity contribution >= 4 is 22.4 Å². The van der Waals surface area contributed by atoms with Crippen molar-refractivity contribution in [3.05, 3.63) is 71.1 Å². The molecular formula is C24H28N3O2S+. The first-order chi connectivity index (χ1) is 14.7. The van der Waals surface area contributed by atoms with Crippen LogP contribution in [0.5, 0.6) is 0 Å². The molecule has 1 aromatic heterocycles. The molecule has 0 spiro atoms. The number of morpholine rings is 1. The van der Waals surface area contributed by atoms with Crippen LogP contribution in [0.2, 0.25) is 0 Å². The van der Waals surface area contributed by atoms with E-state index in [9.17, 15) is 4.79 Å². The van der Waals surface area contributed by atoms with Crippen molar-refractivity contribution in [2.24, 2.45) is 0 Å². The Hall–Kier alpha value is -2.54. The number of thiazole rings is 1. The Balaban J connectivity index is 1.52. The fourth-order valence-electron chi connectivity index (χ4n) is 3.66. The first-order valence-electron chi connectivity index (χ1n) is 10.5. The van der Waals surface area contributed by atoms with Gasteiger partial charge in [-0.05, 0) is 19.1 Å². The van der Waals surface area contributed by atoms with Crippen LogP contribution in [-0.4, -0.2) is 50.3 Å². The number of benzene rings is 2. The zero-order valence-corrected chi connectivity index (χ0v) is 18.2. The van der Waals surface area contributed by atoms with E-state index in [-0.39, 0.29) is 5.91 Å². The minimum Gasteiger partial charge on any atom is -0.370 e. The van der Waals surface area contributed by atoms with Gasteiger partial charge in [-0.2, -0.15) is 0 Å². The topological polar surface area (TPSA) is 46.9 Å². The van der Waals surface area contributed by atoms with E-state index in [2.05, 4.69) is 0 Å². The van der Waals surface area contributed by atoms with E-state index >= 15 is 0 Å². The van der Waals surface area contributed by atoms with Gasteiger partial charge in [0.1, 0.15) is 13.1 Å². The number of rotatable bonds is 7. The predicted molar refractivity (Wildman–Crippen MR) is 121 cm³/mol. The normalized spacial score (nSPS) is 14.6. The fourth-order valence-corrected chi connectivity index (χ4v) is 4.52. The lowest BCUT2D eigenvalue weighted by atomic mass is 10.1. The van der Waals surface area contributed by atoms with Gasteiger partial charge in [-0.1, -0.05) is 48.0 Å². The van der Waals surface area contributed by atoms with Crippen LogP contribution >= 0.6 is 11.3 Å². The van der Waals surface area contributed by atoms with Gasteiger partial charge >= 0.3 is 0 Å². The van der Waals surface area contributed by atoms with Gasteiger partial charge in [0.25, 0.3) is 5.91 Å². The summed E-state index contributed by atoms with van der Waals surface area (Å²) < 4.78 is 5.45. The standard InChI is InChI=1S/C24H27N3O2S/c1-19-8-10-21(11-9-19)23(28)27(13-5-12-26-14-16-29-17-15-26)24-25-22(18-30-24)20-6-3-2-4-7-20/h2-4,6-11,18H,5,12-17H2,1H3/p+1. The zero-order chi connectivity index (χ0) is 20.8. The third kappa shape index (κ3) is 5.14. The predicted octanol–water partition coefficient (Wildman–Crippen LogP) is 3.07. The summed E-state index contributed by atoms with van der Waals surface area (Å²) >= 11 is 1.53. The van der Waals surface area contributed by atoms with Crippen molar-refractivity contribution in [3.8, 4) is 11.3 Å². The number of quaternary nitrogens is 1. The summed E-state index contributed by atoms with van der Waals surface area (Å²) in [5.41, 5.74) is 3.84. The van der Waals surface area contributed by atoms with Gasteiger partial charge < -0.3 is 9.64 Å². The monoisotopic (exact) mass is 422 g/mol. The van der Waals surface area contributed by atoms with Crippen LogP contribution in [-0.2, 0) is 4.74 Å². The Kier molecular flexibility index (Phi) is 6.89. The van der Waals surface area contributed by atoms with E-state index in [1.165, 1.54) is 11.3 Å². The van der Waals surface area contributed by atoms with Crippen molar-refractivity contribution < 1.29 is 14.4 Å². The van der Waals surface area contributed by atoms with Crippen molar-refractivity contribution in [3.63, 3.8) is 0 Å². The first kappa shape index (κ1) is 20.7. The van der Waals surface area contributed by atoms with Crippen LogP contribution in [0.3, 0.4) is 0 Å². The molecule has 1 aliphatic heterocycles. The van der Waals surface area contributed by atoms with Gasteiger partial charge in [-0.15, -0.1) is 11.3 Å². The molecule has 1 N–H and O–H groups in total. The molecule has 30 heavy (non-hydrogen) atoms. The molecule has 1 aliphatic rings. The molecule has 156 valence electrons. The number of carbonyl (C=O) groups excluding carboxylic acids is 1. The van der Waals surface area contributed by atoms with Crippen LogP contribution in [0.1, 0.15) is 22.3 Å². The van der Waals surface area contributed by atoms with Crippen molar-refractivity contribution in [1.82, 2.24) is 4.98 Å². The van der Waals surface area contributed by atoms with E-state index in [4.69, 9.17) is 9.72 Å². The third-order valence-electron chi connectivity index (χ3n) is 5.45. The Morgan fingerprint density at radius 1 is 1.10 bits per heavy atom. The maximum atomic E-state index is 13.4. The Morgan fingerprint density at radius 2 is 1.83 bits per heavy atom. The summed E-state index contributed by atoms with van der Waals surface area (Å²) in [5.74, 6) is 0.0148.